The van der Waals surface area contributed by atoms with E-state index in [1.165, 1.54) is 19.0 Å². The Labute approximate surface area is 152 Å². The van der Waals surface area contributed by atoms with Gasteiger partial charge in [0.05, 0.1) is 5.69 Å². The number of nitrogens with zero attached hydrogens (tertiary/aromatic N) is 3. The minimum atomic E-state index is -0.277. The first-order valence-electron chi connectivity index (χ1n) is 9.24. The number of likely N-dealkylation sites (tertiary alicyclic amines) is 1. The summed E-state index contributed by atoms with van der Waals surface area (Å²) in [6, 6.07) is 7.55. The Hall–Kier alpha value is -2.47. The fraction of sp³-hybridized carbons (Fsp3) is 0.400. The van der Waals surface area contributed by atoms with Gasteiger partial charge in [-0.3, -0.25) is 0 Å². The van der Waals surface area contributed by atoms with Crippen LogP contribution in [0.25, 0.3) is 22.2 Å². The Balaban J connectivity index is 1.58. The summed E-state index contributed by atoms with van der Waals surface area (Å²) in [6.45, 7) is 7.40. The van der Waals surface area contributed by atoms with Gasteiger partial charge in [-0.2, -0.15) is 0 Å². The predicted molar refractivity (Wildman–Crippen MR) is 103 cm³/mol. The van der Waals surface area contributed by atoms with Crippen molar-refractivity contribution < 1.29 is 4.39 Å². The molecule has 1 aliphatic rings. The molecule has 1 fully saturated rings. The highest BCUT2D eigenvalue weighted by molar-refractivity contribution is 5.85. The van der Waals surface area contributed by atoms with Crippen molar-refractivity contribution in [3.63, 3.8) is 0 Å². The number of aromatic amines is 1. The number of hydrogen-bond acceptors (Lipinski definition) is 4. The lowest BCUT2D eigenvalue weighted by Crippen LogP contribution is -2.42. The van der Waals surface area contributed by atoms with Crippen molar-refractivity contribution in [1.29, 1.82) is 0 Å². The first-order chi connectivity index (χ1) is 12.6. The summed E-state index contributed by atoms with van der Waals surface area (Å²) in [6.07, 6.45) is 4.14. The highest BCUT2D eigenvalue weighted by atomic mass is 19.1. The Morgan fingerprint density at radius 3 is 3.00 bits per heavy atom. The lowest BCUT2D eigenvalue weighted by Gasteiger charge is -2.32. The summed E-state index contributed by atoms with van der Waals surface area (Å²) in [7, 11) is 0. The Morgan fingerprint density at radius 1 is 1.31 bits per heavy atom. The van der Waals surface area contributed by atoms with E-state index in [-0.39, 0.29) is 5.82 Å². The van der Waals surface area contributed by atoms with Gasteiger partial charge in [0.15, 0.2) is 0 Å². The summed E-state index contributed by atoms with van der Waals surface area (Å²) < 4.78 is 14.5. The fourth-order valence-corrected chi connectivity index (χ4v) is 3.75. The Kier molecular flexibility index (Phi) is 4.59. The second kappa shape index (κ2) is 7.03. The number of fused-ring (bicyclic) bond motifs is 1. The monoisotopic (exact) mass is 353 g/mol. The van der Waals surface area contributed by atoms with Crippen LogP contribution < -0.4 is 5.32 Å². The zero-order valence-corrected chi connectivity index (χ0v) is 15.2. The zero-order valence-electron chi connectivity index (χ0n) is 15.2. The lowest BCUT2D eigenvalue weighted by molar-refractivity contribution is 0.226. The van der Waals surface area contributed by atoms with Crippen molar-refractivity contribution in [2.45, 2.75) is 32.7 Å². The maximum absolute atomic E-state index is 14.5. The van der Waals surface area contributed by atoms with Crippen molar-refractivity contribution in [2.24, 2.45) is 0 Å². The maximum Gasteiger partial charge on any atom is 0.149 e. The normalized spacial score (nSPS) is 18.3. The molecule has 0 radical (unpaired) electrons. The van der Waals surface area contributed by atoms with Gasteiger partial charge in [-0.1, -0.05) is 6.92 Å². The van der Waals surface area contributed by atoms with Crippen LogP contribution in [0.2, 0.25) is 0 Å². The van der Waals surface area contributed by atoms with Gasteiger partial charge in [0, 0.05) is 35.2 Å². The van der Waals surface area contributed by atoms with Crippen LogP contribution in [0.15, 0.2) is 30.5 Å². The molecule has 0 saturated carbocycles. The molecule has 1 atom stereocenters. The molecule has 2 aromatic heterocycles. The number of aromatic nitrogens is 3. The summed E-state index contributed by atoms with van der Waals surface area (Å²) in [5, 5.41) is 13.0. The van der Waals surface area contributed by atoms with Crippen molar-refractivity contribution in [3.05, 3.63) is 41.8 Å². The molecular weight excluding hydrogens is 329 g/mol. The first kappa shape index (κ1) is 17.0. The summed E-state index contributed by atoms with van der Waals surface area (Å²) >= 11 is 0. The largest absolute Gasteiger partial charge is 0.365 e. The highest BCUT2D eigenvalue weighted by Crippen LogP contribution is 2.28. The van der Waals surface area contributed by atoms with Gasteiger partial charge < -0.3 is 15.2 Å². The molecule has 2 N–H and O–H groups in total. The standard InChI is InChI=1S/C20H24FN5/c1-3-26-8-4-5-15(12-26)23-19-9-13(2)20(25-24-19)16-11-18-14(6-7-22-18)10-17(16)21/h6-7,9-11,15,22H,3-5,8,12H2,1-2H3,(H,23,24)/t15-/m1/s1. The first-order valence-corrected chi connectivity index (χ1v) is 9.24. The second-order valence-electron chi connectivity index (χ2n) is 7.03. The van der Waals surface area contributed by atoms with E-state index in [0.717, 1.165) is 41.8 Å². The van der Waals surface area contributed by atoms with E-state index in [0.29, 0.717) is 17.3 Å². The molecule has 1 saturated heterocycles. The molecule has 3 heterocycles. The zero-order chi connectivity index (χ0) is 18.1. The summed E-state index contributed by atoms with van der Waals surface area (Å²) in [5.74, 6) is 0.483. The minimum absolute atomic E-state index is 0.277. The quantitative estimate of drug-likeness (QED) is 0.745. The molecule has 0 aliphatic carbocycles. The number of aryl methyl sites for hydroxylation is 1. The molecule has 1 aromatic carbocycles. The number of hydrogen-bond donors (Lipinski definition) is 2. The van der Waals surface area contributed by atoms with Crippen LogP contribution in [0.1, 0.15) is 25.3 Å². The van der Waals surface area contributed by atoms with Crippen molar-refractivity contribution in [2.75, 3.05) is 25.0 Å². The van der Waals surface area contributed by atoms with Gasteiger partial charge >= 0.3 is 0 Å². The number of anilines is 1. The number of H-pyrrole nitrogens is 1. The number of halogens is 1. The van der Waals surface area contributed by atoms with Crippen LogP contribution in [-0.4, -0.2) is 45.8 Å². The molecule has 26 heavy (non-hydrogen) atoms. The van der Waals surface area contributed by atoms with Crippen molar-refractivity contribution in [3.8, 4) is 11.3 Å². The molecule has 136 valence electrons. The highest BCUT2D eigenvalue weighted by Gasteiger charge is 2.19. The van der Waals surface area contributed by atoms with Crippen LogP contribution in [0.3, 0.4) is 0 Å². The van der Waals surface area contributed by atoms with Gasteiger partial charge in [0.2, 0.25) is 0 Å². The number of rotatable bonds is 4. The third-order valence-corrected chi connectivity index (χ3v) is 5.19. The topological polar surface area (TPSA) is 56.8 Å². The van der Waals surface area contributed by atoms with E-state index in [4.69, 9.17) is 0 Å². The minimum Gasteiger partial charge on any atom is -0.365 e. The number of nitrogens with one attached hydrogen (secondary N) is 2. The molecule has 0 unspecified atom stereocenters. The molecule has 0 amide bonds. The average Bonchev–Trinajstić information content (AvgIpc) is 3.09. The van der Waals surface area contributed by atoms with E-state index < -0.39 is 0 Å². The van der Waals surface area contributed by atoms with Gasteiger partial charge in [-0.15, -0.1) is 10.2 Å². The molecule has 4 rings (SSSR count). The van der Waals surface area contributed by atoms with Crippen LogP contribution >= 0.6 is 0 Å². The molecule has 5 nitrogen and oxygen atoms in total. The second-order valence-corrected chi connectivity index (χ2v) is 7.03. The van der Waals surface area contributed by atoms with Crippen molar-refractivity contribution in [1.82, 2.24) is 20.1 Å². The maximum atomic E-state index is 14.5. The van der Waals surface area contributed by atoms with Gasteiger partial charge in [0.25, 0.3) is 0 Å². The lowest BCUT2D eigenvalue weighted by atomic mass is 10.0. The third-order valence-electron chi connectivity index (χ3n) is 5.19. The number of likely N-dealkylation sites (N-methyl/N-ethyl adjacent to an activating group) is 1. The van der Waals surface area contributed by atoms with E-state index in [1.54, 1.807) is 6.07 Å². The predicted octanol–water partition coefficient (Wildman–Crippen LogP) is 3.97. The van der Waals surface area contributed by atoms with E-state index in [9.17, 15) is 4.39 Å². The Morgan fingerprint density at radius 2 is 2.19 bits per heavy atom. The Bertz CT molecular complexity index is 920. The SMILES string of the molecule is CCN1CCC[C@@H](Nc2cc(C)c(-c3cc4[nH]ccc4cc3F)nn2)C1. The average molecular weight is 353 g/mol. The summed E-state index contributed by atoms with van der Waals surface area (Å²) in [4.78, 5) is 5.56. The fourth-order valence-electron chi connectivity index (χ4n) is 3.75. The molecule has 0 spiro atoms. The molecule has 1 aliphatic heterocycles. The van der Waals surface area contributed by atoms with Gasteiger partial charge in [-0.25, -0.2) is 4.39 Å². The molecule has 3 aromatic rings. The third kappa shape index (κ3) is 3.29. The van der Waals surface area contributed by atoms with E-state index in [1.807, 2.05) is 25.3 Å². The van der Waals surface area contributed by atoms with Crippen LogP contribution in [-0.2, 0) is 0 Å². The van der Waals surface area contributed by atoms with E-state index in [2.05, 4.69) is 32.3 Å². The molecule has 6 heteroatoms. The van der Waals surface area contributed by atoms with Crippen LogP contribution in [0.5, 0.6) is 0 Å². The molecular formula is C20H24FN5. The molecule has 0 bridgehead atoms. The number of piperidine rings is 1. The van der Waals surface area contributed by atoms with Crippen LogP contribution in [0.4, 0.5) is 10.2 Å². The summed E-state index contributed by atoms with van der Waals surface area (Å²) in [5.41, 5.74) is 2.87. The van der Waals surface area contributed by atoms with Crippen LogP contribution in [0, 0.1) is 12.7 Å². The van der Waals surface area contributed by atoms with Gasteiger partial charge in [-0.05, 0) is 62.7 Å². The van der Waals surface area contributed by atoms with Gasteiger partial charge in [0.1, 0.15) is 11.6 Å². The smallest absolute Gasteiger partial charge is 0.149 e. The van der Waals surface area contributed by atoms with E-state index >= 15 is 0 Å². The van der Waals surface area contributed by atoms with Crippen molar-refractivity contribution >= 4 is 16.7 Å². The number of benzene rings is 1.